The number of aryl methyl sites for hydroxylation is 1. The molecule has 1 amide bonds. The fourth-order valence-corrected chi connectivity index (χ4v) is 7.31. The Balaban J connectivity index is 1.26. The Morgan fingerprint density at radius 1 is 1.02 bits per heavy atom. The number of aromatic carboxylic acids is 1. The van der Waals surface area contributed by atoms with Crippen molar-refractivity contribution in [3.63, 3.8) is 0 Å². The van der Waals surface area contributed by atoms with E-state index in [9.17, 15) is 14.7 Å². The maximum absolute atomic E-state index is 14.4. The summed E-state index contributed by atoms with van der Waals surface area (Å²) in [5.74, 6) is -0.465. The summed E-state index contributed by atoms with van der Waals surface area (Å²) in [5, 5.41) is 12.5. The monoisotopic (exact) mass is 570 g/mol. The molecule has 0 aliphatic heterocycles. The Morgan fingerprint density at radius 2 is 1.85 bits per heavy atom. The van der Waals surface area contributed by atoms with E-state index in [0.717, 1.165) is 69.2 Å². The fraction of sp³-hybridized carbons (Fsp3) is 0.412. The van der Waals surface area contributed by atoms with Crippen molar-refractivity contribution < 1.29 is 19.4 Å². The van der Waals surface area contributed by atoms with E-state index in [-0.39, 0.29) is 11.8 Å². The number of carboxylic acids is 1. The van der Waals surface area contributed by atoms with Crippen LogP contribution in [0.4, 0.5) is 0 Å². The van der Waals surface area contributed by atoms with Crippen LogP contribution in [0.2, 0.25) is 0 Å². The highest BCUT2D eigenvalue weighted by Gasteiger charge is 2.40. The number of methoxy groups -OCH3 is 1. The zero-order valence-corrected chi connectivity index (χ0v) is 24.4. The minimum Gasteiger partial charge on any atom is -0.477 e. The molecule has 2 saturated carbocycles. The first-order valence-electron chi connectivity index (χ1n) is 14.8. The highest BCUT2D eigenvalue weighted by Crippen LogP contribution is 2.42. The average molecular weight is 571 g/mol. The summed E-state index contributed by atoms with van der Waals surface area (Å²) in [5.41, 5.74) is 5.57. The lowest BCUT2D eigenvalue weighted by molar-refractivity contribution is -0.138. The number of ether oxygens (including phenoxy) is 1. The molecule has 4 aromatic rings. The van der Waals surface area contributed by atoms with Gasteiger partial charge in [-0.25, -0.2) is 4.79 Å². The standard InChI is InChI=1S/C34H38N2O4S/c1-40-17-7-16-35-20-26(29-11-4-5-13-31(29)35)21-36(27-14-15-27)33(37)30-12-3-2-10-28(30)24-9-6-8-23(18-24)25-19-32(34(38)39)41-22-25/h4-6,8-9,11,13,18-20,22,27-28,30H,2-3,7,10,12,14-17,21H2,1H3,(H,38,39)/t28-,30+/m1/s1. The average Bonchev–Trinajstić information content (AvgIpc) is 3.60. The van der Waals surface area contributed by atoms with Gasteiger partial charge in [0.2, 0.25) is 5.91 Å². The van der Waals surface area contributed by atoms with Gasteiger partial charge in [-0.3, -0.25) is 4.79 Å². The quantitative estimate of drug-likeness (QED) is 0.189. The van der Waals surface area contributed by atoms with Gasteiger partial charge in [0.15, 0.2) is 0 Å². The number of fused-ring (bicyclic) bond motifs is 1. The Labute approximate surface area is 245 Å². The van der Waals surface area contributed by atoms with Gasteiger partial charge in [0.25, 0.3) is 0 Å². The summed E-state index contributed by atoms with van der Waals surface area (Å²) in [7, 11) is 1.74. The number of para-hydroxylation sites is 1. The number of carbonyl (C=O) groups is 2. The number of hydrogen-bond donors (Lipinski definition) is 1. The summed E-state index contributed by atoms with van der Waals surface area (Å²) in [6.07, 6.45) is 9.47. The van der Waals surface area contributed by atoms with Gasteiger partial charge in [-0.15, -0.1) is 11.3 Å². The second-order valence-corrected chi connectivity index (χ2v) is 12.4. The van der Waals surface area contributed by atoms with Gasteiger partial charge in [0.1, 0.15) is 4.88 Å². The third-order valence-electron chi connectivity index (χ3n) is 8.77. The first-order chi connectivity index (χ1) is 20.0. The van der Waals surface area contributed by atoms with Crippen molar-refractivity contribution in [1.82, 2.24) is 9.47 Å². The van der Waals surface area contributed by atoms with E-state index >= 15 is 0 Å². The molecule has 0 saturated heterocycles. The molecular weight excluding hydrogens is 532 g/mol. The molecule has 2 aromatic heterocycles. The molecule has 2 atom stereocenters. The van der Waals surface area contributed by atoms with Crippen LogP contribution in [0.1, 0.15) is 71.7 Å². The minimum atomic E-state index is -0.895. The predicted molar refractivity (Wildman–Crippen MR) is 163 cm³/mol. The van der Waals surface area contributed by atoms with Crippen molar-refractivity contribution in [1.29, 1.82) is 0 Å². The molecule has 6 rings (SSSR count). The van der Waals surface area contributed by atoms with Crippen LogP contribution in [-0.2, 0) is 22.6 Å². The molecule has 0 unspecified atom stereocenters. The van der Waals surface area contributed by atoms with Crippen LogP contribution in [0.5, 0.6) is 0 Å². The third kappa shape index (κ3) is 5.97. The van der Waals surface area contributed by atoms with Crippen molar-refractivity contribution in [3.05, 3.63) is 82.2 Å². The van der Waals surface area contributed by atoms with E-state index in [1.807, 2.05) is 11.4 Å². The maximum Gasteiger partial charge on any atom is 0.345 e. The molecule has 2 heterocycles. The van der Waals surface area contributed by atoms with Crippen LogP contribution >= 0.6 is 11.3 Å². The minimum absolute atomic E-state index is 0.0355. The predicted octanol–water partition coefficient (Wildman–Crippen LogP) is 7.57. The first-order valence-corrected chi connectivity index (χ1v) is 15.7. The number of carbonyl (C=O) groups excluding carboxylic acids is 1. The third-order valence-corrected chi connectivity index (χ3v) is 9.69. The van der Waals surface area contributed by atoms with E-state index in [1.165, 1.54) is 33.4 Å². The molecule has 1 N–H and O–H groups in total. The number of hydrogen-bond acceptors (Lipinski definition) is 4. The second kappa shape index (κ2) is 12.2. The van der Waals surface area contributed by atoms with E-state index in [1.54, 1.807) is 13.2 Å². The molecule has 0 bridgehead atoms. The van der Waals surface area contributed by atoms with Gasteiger partial charge in [-0.05, 0) is 77.8 Å². The molecular formula is C34H38N2O4S. The Hall–Kier alpha value is -3.42. The van der Waals surface area contributed by atoms with Crippen molar-refractivity contribution in [3.8, 4) is 11.1 Å². The van der Waals surface area contributed by atoms with Crippen molar-refractivity contribution in [2.45, 2.75) is 70.0 Å². The van der Waals surface area contributed by atoms with E-state index in [0.29, 0.717) is 23.4 Å². The van der Waals surface area contributed by atoms with Crippen molar-refractivity contribution in [2.24, 2.45) is 5.92 Å². The number of carboxylic acid groups (broad SMARTS) is 1. The molecule has 2 aliphatic carbocycles. The van der Waals surface area contributed by atoms with Crippen LogP contribution in [0.3, 0.4) is 0 Å². The lowest BCUT2D eigenvalue weighted by atomic mass is 9.74. The Morgan fingerprint density at radius 3 is 2.63 bits per heavy atom. The van der Waals surface area contributed by atoms with Gasteiger partial charge in [-0.1, -0.05) is 55.3 Å². The highest BCUT2D eigenvalue weighted by molar-refractivity contribution is 7.12. The topological polar surface area (TPSA) is 71.8 Å². The summed E-state index contributed by atoms with van der Waals surface area (Å²) in [6.45, 7) is 2.27. The number of rotatable bonds is 11. The summed E-state index contributed by atoms with van der Waals surface area (Å²) >= 11 is 1.25. The molecule has 41 heavy (non-hydrogen) atoms. The summed E-state index contributed by atoms with van der Waals surface area (Å²) in [6, 6.07) is 19.0. The van der Waals surface area contributed by atoms with Gasteiger partial charge in [-0.2, -0.15) is 0 Å². The summed E-state index contributed by atoms with van der Waals surface area (Å²) < 4.78 is 7.60. The lowest BCUT2D eigenvalue weighted by Crippen LogP contribution is -2.40. The zero-order valence-electron chi connectivity index (χ0n) is 23.6. The molecule has 7 heteroatoms. The van der Waals surface area contributed by atoms with Gasteiger partial charge >= 0.3 is 5.97 Å². The number of benzene rings is 2. The highest BCUT2D eigenvalue weighted by atomic mass is 32.1. The van der Waals surface area contributed by atoms with Crippen molar-refractivity contribution >= 4 is 34.1 Å². The normalized spacial score (nSPS) is 19.0. The smallest absolute Gasteiger partial charge is 0.345 e. The van der Waals surface area contributed by atoms with Crippen LogP contribution in [0.25, 0.3) is 22.0 Å². The lowest BCUT2D eigenvalue weighted by Gasteiger charge is -2.35. The molecule has 6 nitrogen and oxygen atoms in total. The molecule has 2 aliphatic rings. The second-order valence-electron chi connectivity index (χ2n) is 11.5. The van der Waals surface area contributed by atoms with Crippen LogP contribution < -0.4 is 0 Å². The molecule has 2 fully saturated rings. The van der Waals surface area contributed by atoms with Crippen molar-refractivity contribution in [2.75, 3.05) is 13.7 Å². The van der Waals surface area contributed by atoms with E-state index in [2.05, 4.69) is 58.1 Å². The van der Waals surface area contributed by atoms with Crippen LogP contribution in [-0.4, -0.2) is 46.2 Å². The largest absolute Gasteiger partial charge is 0.477 e. The molecule has 0 radical (unpaired) electrons. The first kappa shape index (κ1) is 27.7. The number of amides is 1. The SMILES string of the molecule is COCCCn1cc(CN(C(=O)[C@H]2CCCC[C@@H]2c2cccc(-c3csc(C(=O)O)c3)c2)C2CC2)c2ccccc21. The number of thiophene rings is 1. The van der Waals surface area contributed by atoms with Crippen LogP contribution in [0, 0.1) is 5.92 Å². The van der Waals surface area contributed by atoms with Crippen LogP contribution in [0.15, 0.2) is 66.2 Å². The van der Waals surface area contributed by atoms with Gasteiger partial charge in [0, 0.05) is 55.9 Å². The number of aromatic nitrogens is 1. The Bertz CT molecular complexity index is 1530. The van der Waals surface area contributed by atoms with Gasteiger partial charge in [0.05, 0.1) is 0 Å². The maximum atomic E-state index is 14.4. The molecule has 0 spiro atoms. The Kier molecular flexibility index (Phi) is 8.26. The van der Waals surface area contributed by atoms with E-state index < -0.39 is 5.97 Å². The molecule has 214 valence electrons. The van der Waals surface area contributed by atoms with E-state index in [4.69, 9.17) is 4.74 Å². The zero-order chi connectivity index (χ0) is 28.3. The van der Waals surface area contributed by atoms with Gasteiger partial charge < -0.3 is 19.3 Å². The fourth-order valence-electron chi connectivity index (χ4n) is 6.56. The summed E-state index contributed by atoms with van der Waals surface area (Å²) in [4.78, 5) is 28.4. The molecule has 2 aromatic carbocycles. The number of nitrogens with zero attached hydrogens (tertiary/aromatic N) is 2.